The smallest absolute Gasteiger partial charge is 0.265 e. The quantitative estimate of drug-likeness (QED) is 0.747. The van der Waals surface area contributed by atoms with Crippen LogP contribution in [0.15, 0.2) is 35.5 Å². The Morgan fingerprint density at radius 1 is 1.47 bits per heavy atom. The molecule has 19 heavy (non-hydrogen) atoms. The van der Waals surface area contributed by atoms with Crippen LogP contribution < -0.4 is 15.2 Å². The molecule has 1 aromatic carbocycles. The third-order valence-electron chi connectivity index (χ3n) is 2.50. The monoisotopic (exact) mass is 282 g/mol. The summed E-state index contributed by atoms with van der Waals surface area (Å²) in [6.45, 7) is 0.311. The Morgan fingerprint density at radius 3 is 2.84 bits per heavy atom. The van der Waals surface area contributed by atoms with E-state index in [1.54, 1.807) is 12.1 Å². The highest BCUT2D eigenvalue weighted by molar-refractivity contribution is 7.92. The molecule has 0 unspecified atom stereocenters. The van der Waals surface area contributed by atoms with Gasteiger partial charge in [0.25, 0.3) is 10.0 Å². The molecule has 0 spiro atoms. The second kappa shape index (κ2) is 5.29. The topological polar surface area (TPSA) is 110 Å². The fourth-order valence-electron chi connectivity index (χ4n) is 1.58. The molecule has 2 aromatic rings. The van der Waals surface area contributed by atoms with Crippen LogP contribution in [0.4, 0.5) is 5.69 Å². The lowest BCUT2D eigenvalue weighted by Gasteiger charge is -2.11. The minimum atomic E-state index is -3.73. The summed E-state index contributed by atoms with van der Waals surface area (Å²) >= 11 is 0. The van der Waals surface area contributed by atoms with Crippen LogP contribution in [-0.2, 0) is 16.6 Å². The van der Waals surface area contributed by atoms with E-state index in [9.17, 15) is 8.42 Å². The van der Waals surface area contributed by atoms with Gasteiger partial charge in [-0.3, -0.25) is 9.82 Å². The van der Waals surface area contributed by atoms with Gasteiger partial charge in [-0.15, -0.1) is 0 Å². The Labute approximate surface area is 110 Å². The second-order valence-electron chi connectivity index (χ2n) is 3.78. The fraction of sp³-hybridized carbons (Fsp3) is 0.182. The number of ether oxygens (including phenoxy) is 1. The summed E-state index contributed by atoms with van der Waals surface area (Å²) in [4.78, 5) is 0.0494. The molecule has 7 nitrogen and oxygen atoms in total. The fourth-order valence-corrected chi connectivity index (χ4v) is 2.76. The lowest BCUT2D eigenvalue weighted by Crippen LogP contribution is -2.14. The lowest BCUT2D eigenvalue weighted by molar-refractivity contribution is 0.402. The summed E-state index contributed by atoms with van der Waals surface area (Å²) < 4.78 is 31.9. The summed E-state index contributed by atoms with van der Waals surface area (Å²) in [5, 5.41) is 6.20. The van der Waals surface area contributed by atoms with E-state index in [1.807, 2.05) is 0 Å². The number of nitrogens with zero attached hydrogens (tertiary/aromatic N) is 1. The van der Waals surface area contributed by atoms with Crippen molar-refractivity contribution in [2.45, 2.75) is 11.4 Å². The number of hydrogen-bond acceptors (Lipinski definition) is 5. The first-order chi connectivity index (χ1) is 9.06. The zero-order chi connectivity index (χ0) is 13.9. The molecule has 4 N–H and O–H groups in total. The van der Waals surface area contributed by atoms with Crippen molar-refractivity contribution in [2.24, 2.45) is 5.73 Å². The average Bonchev–Trinajstić information content (AvgIpc) is 2.89. The van der Waals surface area contributed by atoms with Crippen LogP contribution in [0, 0.1) is 0 Å². The number of benzene rings is 1. The molecule has 1 heterocycles. The minimum Gasteiger partial charge on any atom is -0.495 e. The molecular formula is C11H14N4O3S. The molecule has 2 rings (SSSR count). The summed E-state index contributed by atoms with van der Waals surface area (Å²) in [6.07, 6.45) is 2.82. The van der Waals surface area contributed by atoms with Gasteiger partial charge in [-0.25, -0.2) is 8.42 Å². The van der Waals surface area contributed by atoms with Crippen LogP contribution in [0.5, 0.6) is 5.75 Å². The van der Waals surface area contributed by atoms with Gasteiger partial charge in [0.1, 0.15) is 10.6 Å². The zero-order valence-electron chi connectivity index (χ0n) is 10.3. The normalized spacial score (nSPS) is 11.3. The van der Waals surface area contributed by atoms with Crippen molar-refractivity contribution in [1.82, 2.24) is 10.2 Å². The first-order valence-electron chi connectivity index (χ1n) is 5.45. The van der Waals surface area contributed by atoms with Gasteiger partial charge in [0.05, 0.1) is 19.0 Å². The number of aromatic amines is 1. The summed E-state index contributed by atoms with van der Waals surface area (Å²) in [7, 11) is -2.32. The number of nitrogens with one attached hydrogen (secondary N) is 2. The molecule has 0 radical (unpaired) electrons. The minimum absolute atomic E-state index is 0.0494. The Bertz CT molecular complexity index is 653. The summed E-state index contributed by atoms with van der Waals surface area (Å²) in [6, 6.07) is 4.71. The molecular weight excluding hydrogens is 268 g/mol. The van der Waals surface area contributed by atoms with Crippen molar-refractivity contribution >= 4 is 15.7 Å². The molecule has 0 aliphatic heterocycles. The van der Waals surface area contributed by atoms with Gasteiger partial charge in [0, 0.05) is 12.7 Å². The van der Waals surface area contributed by atoms with Crippen LogP contribution in [0.2, 0.25) is 0 Å². The summed E-state index contributed by atoms with van der Waals surface area (Å²) in [5.41, 5.74) is 6.65. The van der Waals surface area contributed by atoms with Gasteiger partial charge in [0.15, 0.2) is 0 Å². The second-order valence-corrected chi connectivity index (χ2v) is 5.43. The Kier molecular flexibility index (Phi) is 3.72. The first-order valence-corrected chi connectivity index (χ1v) is 6.93. The highest BCUT2D eigenvalue weighted by Gasteiger charge is 2.20. The van der Waals surface area contributed by atoms with Crippen molar-refractivity contribution < 1.29 is 13.2 Å². The highest BCUT2D eigenvalue weighted by Crippen LogP contribution is 2.26. The van der Waals surface area contributed by atoms with Crippen molar-refractivity contribution in [3.05, 3.63) is 36.2 Å². The van der Waals surface area contributed by atoms with E-state index in [4.69, 9.17) is 10.5 Å². The predicted molar refractivity (Wildman–Crippen MR) is 70.3 cm³/mol. The Morgan fingerprint density at radius 2 is 2.26 bits per heavy atom. The van der Waals surface area contributed by atoms with E-state index in [0.29, 0.717) is 12.2 Å². The number of hydrogen-bond donors (Lipinski definition) is 3. The number of sulfonamides is 1. The van der Waals surface area contributed by atoms with E-state index >= 15 is 0 Å². The number of aromatic nitrogens is 2. The molecule has 0 aliphatic carbocycles. The van der Waals surface area contributed by atoms with Gasteiger partial charge in [-0.1, -0.05) is 6.07 Å². The van der Waals surface area contributed by atoms with Crippen molar-refractivity contribution in [2.75, 3.05) is 11.8 Å². The molecule has 8 heteroatoms. The van der Waals surface area contributed by atoms with E-state index in [1.165, 1.54) is 25.6 Å². The third kappa shape index (κ3) is 2.85. The molecule has 0 saturated carbocycles. The SMILES string of the molecule is COc1cc(CN)ccc1S(=O)(=O)Nc1cn[nH]c1. The summed E-state index contributed by atoms with van der Waals surface area (Å²) in [5.74, 6) is 0.249. The zero-order valence-corrected chi connectivity index (χ0v) is 11.1. The standard InChI is InChI=1S/C11H14N4O3S/c1-18-10-4-8(5-12)2-3-11(10)19(16,17)15-9-6-13-14-7-9/h2-4,6-7,15H,5,12H2,1H3,(H,13,14). The maximum Gasteiger partial charge on any atom is 0.265 e. The van der Waals surface area contributed by atoms with Gasteiger partial charge in [0.2, 0.25) is 0 Å². The van der Waals surface area contributed by atoms with Crippen LogP contribution in [-0.4, -0.2) is 25.7 Å². The van der Waals surface area contributed by atoms with Crippen molar-refractivity contribution in [3.8, 4) is 5.75 Å². The number of methoxy groups -OCH3 is 1. The maximum absolute atomic E-state index is 12.2. The predicted octanol–water partition coefficient (Wildman–Crippen LogP) is 0.678. The van der Waals surface area contributed by atoms with E-state index in [0.717, 1.165) is 5.56 Å². The van der Waals surface area contributed by atoms with Gasteiger partial charge >= 0.3 is 0 Å². The molecule has 1 aromatic heterocycles. The molecule has 0 aliphatic rings. The molecule has 102 valence electrons. The number of nitrogens with two attached hydrogens (primary N) is 1. The van der Waals surface area contributed by atoms with Gasteiger partial charge in [-0.2, -0.15) is 5.10 Å². The number of H-pyrrole nitrogens is 1. The van der Waals surface area contributed by atoms with Crippen molar-refractivity contribution in [1.29, 1.82) is 0 Å². The van der Waals surface area contributed by atoms with Crippen LogP contribution in [0.1, 0.15) is 5.56 Å². The van der Waals surface area contributed by atoms with Gasteiger partial charge < -0.3 is 10.5 Å². The van der Waals surface area contributed by atoms with E-state index in [2.05, 4.69) is 14.9 Å². The third-order valence-corrected chi connectivity index (χ3v) is 3.92. The molecule has 0 bridgehead atoms. The maximum atomic E-state index is 12.2. The van der Waals surface area contributed by atoms with Crippen LogP contribution in [0.25, 0.3) is 0 Å². The van der Waals surface area contributed by atoms with Gasteiger partial charge in [-0.05, 0) is 17.7 Å². The van der Waals surface area contributed by atoms with Crippen molar-refractivity contribution in [3.63, 3.8) is 0 Å². The number of rotatable bonds is 5. The van der Waals surface area contributed by atoms with E-state index in [-0.39, 0.29) is 10.6 Å². The average molecular weight is 282 g/mol. The molecule has 0 amide bonds. The highest BCUT2D eigenvalue weighted by atomic mass is 32.2. The number of anilines is 1. The van der Waals surface area contributed by atoms with Crippen LogP contribution in [0.3, 0.4) is 0 Å². The largest absolute Gasteiger partial charge is 0.495 e. The van der Waals surface area contributed by atoms with E-state index < -0.39 is 10.0 Å². The first kappa shape index (κ1) is 13.4. The lowest BCUT2D eigenvalue weighted by atomic mass is 10.2. The molecule has 0 fully saturated rings. The van der Waals surface area contributed by atoms with Crippen LogP contribution >= 0.6 is 0 Å². The molecule has 0 saturated heterocycles. The molecule has 0 atom stereocenters. The Balaban J connectivity index is 2.40. The Hall–Kier alpha value is -2.06.